The van der Waals surface area contributed by atoms with Crippen LogP contribution in [0.4, 0.5) is 13.2 Å². The lowest BCUT2D eigenvalue weighted by molar-refractivity contribution is -0.206. The van der Waals surface area contributed by atoms with Gasteiger partial charge in [0.25, 0.3) is 0 Å². The number of carboxylic acid groups (broad SMARTS) is 1. The molecule has 1 unspecified atom stereocenters. The molecule has 1 aromatic rings. The topological polar surface area (TPSA) is 73.1 Å². The molecule has 7 heteroatoms. The molecule has 0 aliphatic heterocycles. The number of hydrogen-bond donors (Lipinski definition) is 2. The first-order valence-electron chi connectivity index (χ1n) is 5.25. The number of rotatable bonds is 4. The van der Waals surface area contributed by atoms with E-state index in [4.69, 9.17) is 10.4 Å². The molecule has 0 saturated carbocycles. The van der Waals surface area contributed by atoms with Gasteiger partial charge in [-0.2, -0.15) is 18.4 Å². The van der Waals surface area contributed by atoms with E-state index in [9.17, 15) is 18.0 Å². The van der Waals surface area contributed by atoms with Crippen molar-refractivity contribution < 1.29 is 23.1 Å². The third-order valence-electron chi connectivity index (χ3n) is 2.72. The van der Waals surface area contributed by atoms with Gasteiger partial charge in [-0.25, -0.2) is 4.79 Å². The summed E-state index contributed by atoms with van der Waals surface area (Å²) >= 11 is 0. The largest absolute Gasteiger partial charge is 0.480 e. The molecule has 0 spiro atoms. The van der Waals surface area contributed by atoms with Crippen molar-refractivity contribution in [3.8, 4) is 6.07 Å². The Morgan fingerprint density at radius 3 is 2.26 bits per heavy atom. The minimum Gasteiger partial charge on any atom is -0.480 e. The lowest BCUT2D eigenvalue weighted by Gasteiger charge is -2.28. The molecule has 1 aromatic carbocycles. The van der Waals surface area contributed by atoms with Crippen LogP contribution in [0.3, 0.4) is 0 Å². The quantitative estimate of drug-likeness (QED) is 0.879. The van der Waals surface area contributed by atoms with Gasteiger partial charge in [0.15, 0.2) is 0 Å². The Hall–Kier alpha value is -2.07. The molecule has 0 radical (unpaired) electrons. The number of alkyl halides is 3. The summed E-state index contributed by atoms with van der Waals surface area (Å²) in [6.07, 6.45) is -4.91. The van der Waals surface area contributed by atoms with E-state index in [-0.39, 0.29) is 6.54 Å². The second kappa shape index (κ2) is 5.28. The van der Waals surface area contributed by atoms with E-state index in [1.54, 1.807) is 0 Å². The molecule has 102 valence electrons. The van der Waals surface area contributed by atoms with Gasteiger partial charge in [-0.3, -0.25) is 5.32 Å². The molecule has 0 bridgehead atoms. The molecule has 19 heavy (non-hydrogen) atoms. The van der Waals surface area contributed by atoms with Crippen LogP contribution in [0.15, 0.2) is 24.3 Å². The van der Waals surface area contributed by atoms with Gasteiger partial charge in [0.1, 0.15) is 0 Å². The van der Waals surface area contributed by atoms with Gasteiger partial charge in [0, 0.05) is 6.54 Å². The van der Waals surface area contributed by atoms with E-state index in [2.05, 4.69) is 0 Å². The lowest BCUT2D eigenvalue weighted by Crippen LogP contribution is -2.59. The van der Waals surface area contributed by atoms with Crippen LogP contribution in [0.5, 0.6) is 0 Å². The molecular weight excluding hydrogens is 261 g/mol. The summed E-state index contributed by atoms with van der Waals surface area (Å²) in [7, 11) is 0. The minimum absolute atomic E-state index is 0.270. The predicted molar refractivity (Wildman–Crippen MR) is 60.1 cm³/mol. The van der Waals surface area contributed by atoms with Crippen molar-refractivity contribution in [2.75, 3.05) is 0 Å². The van der Waals surface area contributed by atoms with Gasteiger partial charge in [0.2, 0.25) is 5.54 Å². The molecule has 0 aromatic heterocycles. The highest BCUT2D eigenvalue weighted by atomic mass is 19.4. The molecule has 1 rings (SSSR count). The van der Waals surface area contributed by atoms with Crippen LogP contribution in [0, 0.1) is 11.3 Å². The van der Waals surface area contributed by atoms with Crippen molar-refractivity contribution in [2.45, 2.75) is 25.2 Å². The van der Waals surface area contributed by atoms with Crippen molar-refractivity contribution in [1.82, 2.24) is 5.32 Å². The predicted octanol–water partition coefficient (Wildman–Crippen LogP) is 2.05. The molecule has 0 amide bonds. The number of carbonyl (C=O) groups is 1. The Morgan fingerprint density at radius 1 is 1.37 bits per heavy atom. The number of nitrogens with zero attached hydrogens (tertiary/aromatic N) is 1. The number of halogens is 3. The molecule has 0 heterocycles. The summed E-state index contributed by atoms with van der Waals surface area (Å²) in [4.78, 5) is 10.8. The van der Waals surface area contributed by atoms with Gasteiger partial charge in [-0.15, -0.1) is 0 Å². The highest BCUT2D eigenvalue weighted by molar-refractivity contribution is 5.79. The maximum absolute atomic E-state index is 12.7. The molecular formula is C12H11F3N2O2. The Labute approximate surface area is 107 Å². The smallest absolute Gasteiger partial charge is 0.417 e. The molecule has 0 aliphatic rings. The van der Waals surface area contributed by atoms with Crippen LogP contribution in [-0.2, 0) is 11.3 Å². The van der Waals surface area contributed by atoms with Crippen molar-refractivity contribution in [3.05, 3.63) is 35.4 Å². The normalized spacial score (nSPS) is 14.5. The monoisotopic (exact) mass is 272 g/mol. The molecule has 2 N–H and O–H groups in total. The first-order chi connectivity index (χ1) is 8.70. The Morgan fingerprint density at radius 2 is 1.89 bits per heavy atom. The Kier molecular flexibility index (Phi) is 4.17. The van der Waals surface area contributed by atoms with Crippen molar-refractivity contribution in [2.24, 2.45) is 0 Å². The number of benzene rings is 1. The standard InChI is InChI=1S/C12H11F3N2O2/c1-11(10(18)19,12(13,14)15)17-7-9-4-2-8(6-16)3-5-9/h2-5,17H,7H2,1H3,(H,18,19). The molecule has 1 atom stereocenters. The van der Waals surface area contributed by atoms with Crippen molar-refractivity contribution in [1.29, 1.82) is 5.26 Å². The third-order valence-corrected chi connectivity index (χ3v) is 2.72. The summed E-state index contributed by atoms with van der Waals surface area (Å²) in [5, 5.41) is 19.3. The third kappa shape index (κ3) is 3.23. The number of hydrogen-bond acceptors (Lipinski definition) is 3. The van der Waals surface area contributed by atoms with E-state index >= 15 is 0 Å². The van der Waals surface area contributed by atoms with E-state index in [0.717, 1.165) is 0 Å². The Bertz CT molecular complexity index is 505. The van der Waals surface area contributed by atoms with Gasteiger partial charge in [-0.1, -0.05) is 12.1 Å². The maximum atomic E-state index is 12.7. The van der Waals surface area contributed by atoms with Crippen molar-refractivity contribution in [3.63, 3.8) is 0 Å². The number of nitrogens with one attached hydrogen (secondary N) is 1. The van der Waals surface area contributed by atoms with Crippen LogP contribution >= 0.6 is 0 Å². The SMILES string of the molecule is CC(NCc1ccc(C#N)cc1)(C(=O)O)C(F)(F)F. The zero-order valence-electron chi connectivity index (χ0n) is 9.95. The molecule has 0 saturated heterocycles. The Balaban J connectivity index is 2.83. The minimum atomic E-state index is -4.91. The van der Waals surface area contributed by atoms with E-state index < -0.39 is 17.7 Å². The summed E-state index contributed by atoms with van der Waals surface area (Å²) in [5.74, 6) is -1.99. The average Bonchev–Trinajstić information content (AvgIpc) is 2.34. The first-order valence-corrected chi connectivity index (χ1v) is 5.25. The van der Waals surface area contributed by atoms with Crippen LogP contribution in [-0.4, -0.2) is 22.8 Å². The second-order valence-electron chi connectivity index (χ2n) is 4.09. The highest BCUT2D eigenvalue weighted by Gasteiger charge is 2.57. The summed E-state index contributed by atoms with van der Waals surface area (Å²) < 4.78 is 38.1. The summed E-state index contributed by atoms with van der Waals surface area (Å²) in [6, 6.07) is 7.69. The van der Waals surface area contributed by atoms with Crippen LogP contribution < -0.4 is 5.32 Å². The van der Waals surface area contributed by atoms with E-state index in [1.165, 1.54) is 24.3 Å². The number of nitriles is 1. The maximum Gasteiger partial charge on any atom is 0.417 e. The fourth-order valence-electron chi connectivity index (χ4n) is 1.27. The number of carboxylic acids is 1. The van der Waals surface area contributed by atoms with Gasteiger partial charge < -0.3 is 5.11 Å². The van der Waals surface area contributed by atoms with E-state index in [0.29, 0.717) is 18.1 Å². The zero-order valence-corrected chi connectivity index (χ0v) is 9.95. The molecule has 4 nitrogen and oxygen atoms in total. The molecule has 0 aliphatic carbocycles. The highest BCUT2D eigenvalue weighted by Crippen LogP contribution is 2.30. The first kappa shape index (κ1) is 15.0. The molecule has 0 fully saturated rings. The van der Waals surface area contributed by atoms with Crippen LogP contribution in [0.2, 0.25) is 0 Å². The zero-order chi connectivity index (χ0) is 14.7. The average molecular weight is 272 g/mol. The van der Waals surface area contributed by atoms with Gasteiger partial charge in [-0.05, 0) is 24.6 Å². The van der Waals surface area contributed by atoms with Crippen LogP contribution in [0.25, 0.3) is 0 Å². The lowest BCUT2D eigenvalue weighted by atomic mass is 10.0. The van der Waals surface area contributed by atoms with Crippen molar-refractivity contribution >= 4 is 5.97 Å². The summed E-state index contributed by atoms with van der Waals surface area (Å²) in [6.45, 7) is 0.299. The fourth-order valence-corrected chi connectivity index (χ4v) is 1.27. The number of aliphatic carboxylic acids is 1. The van der Waals surface area contributed by atoms with Crippen LogP contribution in [0.1, 0.15) is 18.1 Å². The van der Waals surface area contributed by atoms with E-state index in [1.807, 2.05) is 11.4 Å². The second-order valence-corrected chi connectivity index (χ2v) is 4.09. The fraction of sp³-hybridized carbons (Fsp3) is 0.333. The van der Waals surface area contributed by atoms with Gasteiger partial charge in [0.05, 0.1) is 11.6 Å². The van der Waals surface area contributed by atoms with Gasteiger partial charge >= 0.3 is 12.1 Å². The summed E-state index contributed by atoms with van der Waals surface area (Å²) in [5.41, 5.74) is -2.18.